The van der Waals surface area contributed by atoms with Gasteiger partial charge in [0.25, 0.3) is 5.91 Å². The van der Waals surface area contributed by atoms with Gasteiger partial charge in [-0.25, -0.2) is 0 Å². The first kappa shape index (κ1) is 19.2. The lowest BCUT2D eigenvalue weighted by atomic mass is 10.1. The van der Waals surface area contributed by atoms with Crippen LogP contribution in [0.3, 0.4) is 0 Å². The highest BCUT2D eigenvalue weighted by molar-refractivity contribution is 5.90. The highest BCUT2D eigenvalue weighted by Gasteiger charge is 2.23. The molecule has 0 spiro atoms. The molecule has 1 saturated heterocycles. The summed E-state index contributed by atoms with van der Waals surface area (Å²) >= 11 is 0. The lowest BCUT2D eigenvalue weighted by molar-refractivity contribution is -0.133. The Balaban J connectivity index is 1.90. The number of carbonyl (C=O) groups excluding carboxylic acids is 2. The van der Waals surface area contributed by atoms with Crippen LogP contribution in [0.2, 0.25) is 0 Å². The number of ether oxygens (including phenoxy) is 1. The van der Waals surface area contributed by atoms with Crippen LogP contribution < -0.4 is 10.1 Å². The molecule has 1 atom stereocenters. The van der Waals surface area contributed by atoms with Gasteiger partial charge in [-0.15, -0.1) is 0 Å². The molecule has 2 amide bonds. The van der Waals surface area contributed by atoms with Gasteiger partial charge in [-0.05, 0) is 39.1 Å². The first-order valence-corrected chi connectivity index (χ1v) is 8.96. The molecule has 6 nitrogen and oxygen atoms in total. The summed E-state index contributed by atoms with van der Waals surface area (Å²) < 4.78 is 5.66. The van der Waals surface area contributed by atoms with Crippen molar-refractivity contribution in [3.8, 4) is 5.75 Å². The van der Waals surface area contributed by atoms with E-state index in [9.17, 15) is 9.59 Å². The first-order valence-electron chi connectivity index (χ1n) is 8.96. The van der Waals surface area contributed by atoms with Crippen molar-refractivity contribution in [1.82, 2.24) is 9.80 Å². The molecule has 0 unspecified atom stereocenters. The predicted molar refractivity (Wildman–Crippen MR) is 98.8 cm³/mol. The number of nitrogens with zero attached hydrogens (tertiary/aromatic N) is 2. The lowest BCUT2D eigenvalue weighted by Gasteiger charge is -2.28. The van der Waals surface area contributed by atoms with Gasteiger partial charge in [-0.3, -0.25) is 9.59 Å². The first-order chi connectivity index (χ1) is 12.0. The van der Waals surface area contributed by atoms with Crippen molar-refractivity contribution >= 4 is 17.5 Å². The fraction of sp³-hybridized carbons (Fsp3) is 0.579. The molecule has 1 aliphatic heterocycles. The van der Waals surface area contributed by atoms with Crippen LogP contribution in [-0.4, -0.2) is 61.4 Å². The maximum atomic E-state index is 12.5. The van der Waals surface area contributed by atoms with E-state index < -0.39 is 0 Å². The molecule has 6 heteroatoms. The Labute approximate surface area is 150 Å². The number of rotatable bonds is 6. The van der Waals surface area contributed by atoms with Crippen LogP contribution in [-0.2, 0) is 9.59 Å². The fourth-order valence-electron chi connectivity index (χ4n) is 2.92. The SMILES string of the molecule is CCC(=O)Nc1cccc(OCC(=O)N2CCCC[C@H](N(C)C)C2)c1. The Morgan fingerprint density at radius 3 is 2.84 bits per heavy atom. The third-order valence-corrected chi connectivity index (χ3v) is 4.53. The van der Waals surface area contributed by atoms with Gasteiger partial charge in [-0.1, -0.05) is 19.4 Å². The molecular weight excluding hydrogens is 318 g/mol. The zero-order valence-electron chi connectivity index (χ0n) is 15.5. The van der Waals surface area contributed by atoms with Gasteiger partial charge in [0.05, 0.1) is 0 Å². The number of hydrogen-bond donors (Lipinski definition) is 1. The predicted octanol–water partition coefficient (Wildman–Crippen LogP) is 2.36. The van der Waals surface area contributed by atoms with Gasteiger partial charge in [-0.2, -0.15) is 0 Å². The van der Waals surface area contributed by atoms with Crippen molar-refractivity contribution in [1.29, 1.82) is 0 Å². The number of nitrogens with one attached hydrogen (secondary N) is 1. The Morgan fingerprint density at radius 2 is 2.12 bits per heavy atom. The summed E-state index contributed by atoms with van der Waals surface area (Å²) in [5.74, 6) is 0.547. The van der Waals surface area contributed by atoms with E-state index in [0.29, 0.717) is 23.9 Å². The van der Waals surface area contributed by atoms with Crippen molar-refractivity contribution in [2.45, 2.75) is 38.6 Å². The van der Waals surface area contributed by atoms with E-state index in [2.05, 4.69) is 24.3 Å². The summed E-state index contributed by atoms with van der Waals surface area (Å²) in [4.78, 5) is 28.1. The van der Waals surface area contributed by atoms with E-state index in [4.69, 9.17) is 4.74 Å². The molecule has 25 heavy (non-hydrogen) atoms. The zero-order chi connectivity index (χ0) is 18.2. The molecule has 1 aromatic rings. The average Bonchev–Trinajstić information content (AvgIpc) is 2.86. The van der Waals surface area contributed by atoms with Crippen LogP contribution in [0.25, 0.3) is 0 Å². The lowest BCUT2D eigenvalue weighted by Crippen LogP contribution is -2.43. The van der Waals surface area contributed by atoms with E-state index in [-0.39, 0.29) is 18.4 Å². The zero-order valence-corrected chi connectivity index (χ0v) is 15.5. The Hall–Kier alpha value is -2.08. The second-order valence-corrected chi connectivity index (χ2v) is 6.67. The summed E-state index contributed by atoms with van der Waals surface area (Å²) in [6.07, 6.45) is 3.73. The van der Waals surface area contributed by atoms with Crippen LogP contribution in [0, 0.1) is 0 Å². The molecule has 0 saturated carbocycles. The van der Waals surface area contributed by atoms with Crippen LogP contribution in [0.1, 0.15) is 32.6 Å². The minimum atomic E-state index is -0.0486. The van der Waals surface area contributed by atoms with Crippen LogP contribution in [0.5, 0.6) is 5.75 Å². The molecular formula is C19H29N3O3. The van der Waals surface area contributed by atoms with Crippen molar-refractivity contribution in [3.05, 3.63) is 24.3 Å². The second-order valence-electron chi connectivity index (χ2n) is 6.67. The van der Waals surface area contributed by atoms with E-state index >= 15 is 0 Å². The number of amides is 2. The third-order valence-electron chi connectivity index (χ3n) is 4.53. The Bertz CT molecular complexity index is 589. The molecule has 1 heterocycles. The van der Waals surface area contributed by atoms with E-state index in [0.717, 1.165) is 32.4 Å². The number of hydrogen-bond acceptors (Lipinski definition) is 4. The number of carbonyl (C=O) groups is 2. The van der Waals surface area contributed by atoms with Crippen molar-refractivity contribution in [2.24, 2.45) is 0 Å². The van der Waals surface area contributed by atoms with Gasteiger partial charge in [0, 0.05) is 37.3 Å². The maximum absolute atomic E-state index is 12.5. The third kappa shape index (κ3) is 6.05. The molecule has 138 valence electrons. The normalized spacial score (nSPS) is 17.9. The van der Waals surface area contributed by atoms with Crippen LogP contribution >= 0.6 is 0 Å². The number of anilines is 1. The highest BCUT2D eigenvalue weighted by atomic mass is 16.5. The summed E-state index contributed by atoms with van der Waals surface area (Å²) in [5.41, 5.74) is 0.680. The standard InChI is InChI=1S/C19H29N3O3/c1-4-18(23)20-15-8-7-10-17(12-15)25-14-19(24)22-11-6-5-9-16(13-22)21(2)3/h7-8,10,12,16H,4-6,9,11,13-14H2,1-3H3,(H,20,23)/t16-/m0/s1. The topological polar surface area (TPSA) is 61.9 Å². The molecule has 1 N–H and O–H groups in total. The molecule has 1 aliphatic rings. The van der Waals surface area contributed by atoms with Crippen LogP contribution in [0.15, 0.2) is 24.3 Å². The summed E-state index contributed by atoms with van der Waals surface area (Å²) in [6, 6.07) is 7.54. The second kappa shape index (κ2) is 9.42. The molecule has 0 aromatic heterocycles. The van der Waals surface area contributed by atoms with Crippen molar-refractivity contribution in [2.75, 3.05) is 39.1 Å². The van der Waals surface area contributed by atoms with E-state index in [1.165, 1.54) is 0 Å². The van der Waals surface area contributed by atoms with Crippen LogP contribution in [0.4, 0.5) is 5.69 Å². The quantitative estimate of drug-likeness (QED) is 0.858. The summed E-state index contributed by atoms with van der Waals surface area (Å²) in [5, 5.41) is 2.79. The van der Waals surface area contributed by atoms with E-state index in [1.807, 2.05) is 4.90 Å². The van der Waals surface area contributed by atoms with Crippen molar-refractivity contribution in [3.63, 3.8) is 0 Å². The van der Waals surface area contributed by atoms with Crippen molar-refractivity contribution < 1.29 is 14.3 Å². The van der Waals surface area contributed by atoms with Gasteiger partial charge in [0.2, 0.25) is 5.91 Å². The minimum absolute atomic E-state index is 0.0109. The Morgan fingerprint density at radius 1 is 1.32 bits per heavy atom. The largest absolute Gasteiger partial charge is 0.484 e. The Kier molecular flexibility index (Phi) is 7.25. The van der Waals surface area contributed by atoms with Gasteiger partial charge < -0.3 is 19.9 Å². The molecule has 0 bridgehead atoms. The molecule has 0 aliphatic carbocycles. The molecule has 2 rings (SSSR count). The van der Waals surface area contributed by atoms with Gasteiger partial charge in [0.1, 0.15) is 5.75 Å². The minimum Gasteiger partial charge on any atom is -0.484 e. The number of likely N-dealkylation sites (tertiary alicyclic amines) is 1. The van der Waals surface area contributed by atoms with E-state index in [1.54, 1.807) is 31.2 Å². The monoisotopic (exact) mass is 347 g/mol. The number of likely N-dealkylation sites (N-methyl/N-ethyl adjacent to an activating group) is 1. The molecule has 1 aromatic carbocycles. The number of benzene rings is 1. The fourth-order valence-corrected chi connectivity index (χ4v) is 2.92. The molecule has 1 fully saturated rings. The molecule has 0 radical (unpaired) electrons. The smallest absolute Gasteiger partial charge is 0.260 e. The summed E-state index contributed by atoms with van der Waals surface area (Å²) in [6.45, 7) is 3.36. The highest BCUT2D eigenvalue weighted by Crippen LogP contribution is 2.18. The maximum Gasteiger partial charge on any atom is 0.260 e. The summed E-state index contributed by atoms with van der Waals surface area (Å²) in [7, 11) is 4.12. The van der Waals surface area contributed by atoms with Gasteiger partial charge in [0.15, 0.2) is 6.61 Å². The average molecular weight is 347 g/mol. The van der Waals surface area contributed by atoms with Gasteiger partial charge >= 0.3 is 0 Å².